The molecule has 2 amide bonds. The van der Waals surface area contributed by atoms with Gasteiger partial charge in [0.25, 0.3) is 11.8 Å². The average Bonchev–Trinajstić information content (AvgIpc) is 3.14. The minimum absolute atomic E-state index is 0.0398. The Labute approximate surface area is 220 Å². The first kappa shape index (κ1) is 29.7. The van der Waals surface area contributed by atoms with Gasteiger partial charge in [-0.3, -0.25) is 19.3 Å². The van der Waals surface area contributed by atoms with Crippen molar-refractivity contribution in [2.75, 3.05) is 13.2 Å². The van der Waals surface area contributed by atoms with Crippen molar-refractivity contribution in [2.45, 2.75) is 52.4 Å². The van der Waals surface area contributed by atoms with Crippen LogP contribution in [0.15, 0.2) is 18.2 Å². The first-order chi connectivity index (χ1) is 18.5. The van der Waals surface area contributed by atoms with Gasteiger partial charge in [0.1, 0.15) is 0 Å². The number of amides is 2. The summed E-state index contributed by atoms with van der Waals surface area (Å²) in [5, 5.41) is 0. The van der Waals surface area contributed by atoms with Crippen LogP contribution in [0, 0.1) is 35.0 Å². The summed E-state index contributed by atoms with van der Waals surface area (Å²) >= 11 is 0. The van der Waals surface area contributed by atoms with E-state index in [0.717, 1.165) is 55.2 Å². The predicted octanol–water partition coefficient (Wildman–Crippen LogP) is 5.74. The fraction of sp³-hybridized carbons (Fsp3) is 0.407. The van der Waals surface area contributed by atoms with Crippen molar-refractivity contribution in [3.05, 3.63) is 64.0 Å². The Bertz CT molecular complexity index is 1270. The van der Waals surface area contributed by atoms with E-state index in [1.54, 1.807) is 6.92 Å². The molecule has 0 aromatic heterocycles. The van der Waals surface area contributed by atoms with E-state index in [0.29, 0.717) is 0 Å². The maximum Gasteiger partial charge on any atom is 0.343 e. The Morgan fingerprint density at radius 3 is 2.08 bits per heavy atom. The molecule has 0 saturated heterocycles. The molecule has 1 heterocycles. The standard InChI is InChI=1S/C27H26F5NO6/c1-3-4-5-6-7-10-38-18(34)11-14(2)13-33-25(35)16-9-8-15(12-17(16)26(33)36)27(37)39-24-22(31)20(29)19(28)21(30)23(24)32/h8-9,12,14H,3-7,10-11,13H2,1-2H3. The second-order valence-electron chi connectivity index (χ2n) is 9.21. The molecule has 210 valence electrons. The minimum Gasteiger partial charge on any atom is -0.466 e. The van der Waals surface area contributed by atoms with Gasteiger partial charge in [-0.25, -0.2) is 18.0 Å². The van der Waals surface area contributed by atoms with E-state index in [2.05, 4.69) is 11.7 Å². The first-order valence-corrected chi connectivity index (χ1v) is 12.4. The molecule has 39 heavy (non-hydrogen) atoms. The highest BCUT2D eigenvalue weighted by Gasteiger charge is 2.37. The Morgan fingerprint density at radius 1 is 0.846 bits per heavy atom. The van der Waals surface area contributed by atoms with Gasteiger partial charge < -0.3 is 9.47 Å². The second kappa shape index (κ2) is 12.8. The third-order valence-electron chi connectivity index (χ3n) is 6.09. The van der Waals surface area contributed by atoms with Gasteiger partial charge in [-0.15, -0.1) is 0 Å². The van der Waals surface area contributed by atoms with Gasteiger partial charge >= 0.3 is 11.9 Å². The summed E-state index contributed by atoms with van der Waals surface area (Å²) in [4.78, 5) is 51.0. The molecule has 0 fully saturated rings. The third kappa shape index (κ3) is 6.61. The molecule has 0 bridgehead atoms. The lowest BCUT2D eigenvalue weighted by Gasteiger charge is -2.18. The number of benzene rings is 2. The van der Waals surface area contributed by atoms with Gasteiger partial charge in [0.05, 0.1) is 23.3 Å². The zero-order chi connectivity index (χ0) is 28.9. The van der Waals surface area contributed by atoms with E-state index in [1.807, 2.05) is 0 Å². The van der Waals surface area contributed by atoms with E-state index < -0.39 is 70.1 Å². The van der Waals surface area contributed by atoms with Crippen LogP contribution in [0.3, 0.4) is 0 Å². The summed E-state index contributed by atoms with van der Waals surface area (Å²) in [6.07, 6.45) is 4.91. The van der Waals surface area contributed by atoms with Crippen LogP contribution in [0.25, 0.3) is 0 Å². The lowest BCUT2D eigenvalue weighted by atomic mass is 10.1. The molecular weight excluding hydrogens is 529 g/mol. The molecule has 0 N–H and O–H groups in total. The highest BCUT2D eigenvalue weighted by molar-refractivity contribution is 6.22. The monoisotopic (exact) mass is 555 g/mol. The fourth-order valence-electron chi connectivity index (χ4n) is 4.02. The summed E-state index contributed by atoms with van der Waals surface area (Å²) < 4.78 is 77.4. The molecule has 1 atom stereocenters. The minimum atomic E-state index is -2.42. The molecule has 2 aromatic carbocycles. The van der Waals surface area contributed by atoms with Gasteiger partial charge in [-0.05, 0) is 30.5 Å². The van der Waals surface area contributed by atoms with E-state index >= 15 is 0 Å². The molecule has 0 radical (unpaired) electrons. The van der Waals surface area contributed by atoms with Crippen molar-refractivity contribution in [1.82, 2.24) is 4.90 Å². The largest absolute Gasteiger partial charge is 0.466 e. The fourth-order valence-corrected chi connectivity index (χ4v) is 4.02. The van der Waals surface area contributed by atoms with Crippen molar-refractivity contribution in [3.63, 3.8) is 0 Å². The maximum absolute atomic E-state index is 13.9. The van der Waals surface area contributed by atoms with Crippen molar-refractivity contribution in [2.24, 2.45) is 5.92 Å². The highest BCUT2D eigenvalue weighted by atomic mass is 19.2. The lowest BCUT2D eigenvalue weighted by molar-refractivity contribution is -0.144. The molecule has 2 aromatic rings. The summed E-state index contributed by atoms with van der Waals surface area (Å²) in [7, 11) is 0. The molecular formula is C27H26F5NO6. The van der Waals surface area contributed by atoms with Crippen LogP contribution in [-0.2, 0) is 9.53 Å². The third-order valence-corrected chi connectivity index (χ3v) is 6.09. The van der Waals surface area contributed by atoms with E-state index in [9.17, 15) is 41.1 Å². The second-order valence-corrected chi connectivity index (χ2v) is 9.21. The van der Waals surface area contributed by atoms with Crippen LogP contribution in [0.5, 0.6) is 5.75 Å². The molecule has 3 rings (SSSR count). The molecule has 0 aliphatic carbocycles. The van der Waals surface area contributed by atoms with Crippen LogP contribution >= 0.6 is 0 Å². The SMILES string of the molecule is CCCCCCCOC(=O)CC(C)CN1C(=O)c2ccc(C(=O)Oc3c(F)c(F)c(F)c(F)c3F)cc2C1=O. The molecule has 1 aliphatic heterocycles. The Balaban J connectivity index is 1.64. The number of rotatable bonds is 12. The van der Waals surface area contributed by atoms with Gasteiger partial charge in [-0.2, -0.15) is 8.78 Å². The summed E-state index contributed by atoms with van der Waals surface area (Å²) in [6.45, 7) is 3.91. The average molecular weight is 555 g/mol. The topological polar surface area (TPSA) is 90.0 Å². The zero-order valence-electron chi connectivity index (χ0n) is 21.3. The Morgan fingerprint density at radius 2 is 1.44 bits per heavy atom. The molecule has 1 unspecified atom stereocenters. The number of esters is 2. The smallest absolute Gasteiger partial charge is 0.343 e. The lowest BCUT2D eigenvalue weighted by Crippen LogP contribution is -2.34. The van der Waals surface area contributed by atoms with Gasteiger partial charge in [0.2, 0.25) is 34.8 Å². The van der Waals surface area contributed by atoms with Gasteiger partial charge in [0, 0.05) is 13.0 Å². The van der Waals surface area contributed by atoms with Crippen molar-refractivity contribution < 1.29 is 50.6 Å². The Hall–Kier alpha value is -3.83. The number of ether oxygens (including phenoxy) is 2. The molecule has 0 saturated carbocycles. The molecule has 12 heteroatoms. The molecule has 7 nitrogen and oxygen atoms in total. The number of carbonyl (C=O) groups is 4. The molecule has 1 aliphatic rings. The number of hydrogen-bond donors (Lipinski definition) is 0. The van der Waals surface area contributed by atoms with Crippen LogP contribution in [0.4, 0.5) is 22.0 Å². The summed E-state index contributed by atoms with van der Waals surface area (Å²) in [6, 6.07) is 3.02. The highest BCUT2D eigenvalue weighted by Crippen LogP contribution is 2.31. The number of carbonyl (C=O) groups excluding carboxylic acids is 4. The number of unbranched alkanes of at least 4 members (excludes halogenated alkanes) is 4. The zero-order valence-corrected chi connectivity index (χ0v) is 21.3. The number of nitrogens with zero attached hydrogens (tertiary/aromatic N) is 1. The quantitative estimate of drug-likeness (QED) is 0.0632. The van der Waals surface area contributed by atoms with Crippen molar-refractivity contribution in [1.29, 1.82) is 0 Å². The number of hydrogen-bond acceptors (Lipinski definition) is 6. The number of imide groups is 1. The van der Waals surface area contributed by atoms with Gasteiger partial charge in [-0.1, -0.05) is 39.5 Å². The predicted molar refractivity (Wildman–Crippen MR) is 126 cm³/mol. The molecule has 0 spiro atoms. The number of halogens is 5. The van der Waals surface area contributed by atoms with Crippen LogP contribution in [-0.4, -0.2) is 41.8 Å². The summed E-state index contributed by atoms with van der Waals surface area (Å²) in [5.41, 5.74) is -0.778. The van der Waals surface area contributed by atoms with Crippen molar-refractivity contribution >= 4 is 23.8 Å². The van der Waals surface area contributed by atoms with Crippen LogP contribution in [0.1, 0.15) is 83.4 Å². The first-order valence-electron chi connectivity index (χ1n) is 12.4. The van der Waals surface area contributed by atoms with Crippen LogP contribution in [0.2, 0.25) is 0 Å². The van der Waals surface area contributed by atoms with E-state index in [-0.39, 0.29) is 30.7 Å². The normalized spacial score (nSPS) is 13.5. The number of fused-ring (bicyclic) bond motifs is 1. The van der Waals surface area contributed by atoms with E-state index in [1.165, 1.54) is 0 Å². The van der Waals surface area contributed by atoms with Crippen molar-refractivity contribution in [3.8, 4) is 5.75 Å². The Kier molecular flexibility index (Phi) is 9.76. The van der Waals surface area contributed by atoms with E-state index in [4.69, 9.17) is 4.74 Å². The maximum atomic E-state index is 13.9. The van der Waals surface area contributed by atoms with Crippen LogP contribution < -0.4 is 4.74 Å². The van der Waals surface area contributed by atoms with Gasteiger partial charge in [0.15, 0.2) is 0 Å². The summed E-state index contributed by atoms with van der Waals surface area (Å²) in [5.74, 6) is -17.4.